The van der Waals surface area contributed by atoms with Crippen LogP contribution in [0.15, 0.2) is 45.0 Å². The molecule has 1 fully saturated rings. The van der Waals surface area contributed by atoms with Gasteiger partial charge < -0.3 is 4.52 Å². The molecule has 0 radical (unpaired) electrons. The van der Waals surface area contributed by atoms with Crippen LogP contribution in [0.5, 0.6) is 0 Å². The molecular formula is C22H20Cl2FN3O3. The molecule has 9 heteroatoms. The number of alkyl halides is 1. The number of nitrogens with zero attached hydrogens (tertiary/aromatic N) is 2. The number of hydrogen-bond acceptors (Lipinski definition) is 5. The van der Waals surface area contributed by atoms with Crippen LogP contribution in [0, 0.1) is 11.7 Å². The number of aromatic nitrogens is 1. The molecule has 6 nitrogen and oxygen atoms in total. The lowest BCUT2D eigenvalue weighted by atomic mass is 9.72. The molecule has 2 aliphatic heterocycles. The Hall–Kier alpha value is -2.22. The first-order chi connectivity index (χ1) is 14.8. The van der Waals surface area contributed by atoms with Gasteiger partial charge in [0.2, 0.25) is 0 Å². The number of benzene rings is 1. The van der Waals surface area contributed by atoms with Crippen molar-refractivity contribution in [3.8, 4) is 0 Å². The summed E-state index contributed by atoms with van der Waals surface area (Å²) in [5.41, 5.74) is 1.08. The van der Waals surface area contributed by atoms with Crippen molar-refractivity contribution in [3.05, 3.63) is 52.0 Å². The van der Waals surface area contributed by atoms with Crippen LogP contribution in [0.2, 0.25) is 0 Å². The van der Waals surface area contributed by atoms with Crippen molar-refractivity contribution in [1.29, 1.82) is 0 Å². The fraction of sp³-hybridized carbons (Fsp3) is 0.409. The van der Waals surface area contributed by atoms with E-state index in [1.165, 1.54) is 24.3 Å². The molecule has 1 aliphatic carbocycles. The van der Waals surface area contributed by atoms with Gasteiger partial charge in [-0.2, -0.15) is 0 Å². The van der Waals surface area contributed by atoms with E-state index in [9.17, 15) is 14.0 Å². The lowest BCUT2D eigenvalue weighted by molar-refractivity contribution is -0.124. The molecule has 5 rings (SSSR count). The summed E-state index contributed by atoms with van der Waals surface area (Å²) in [6.07, 6.45) is 4.67. The highest BCUT2D eigenvalue weighted by atomic mass is 35.5. The number of fused-ring (bicyclic) bond motifs is 1. The third-order valence-corrected chi connectivity index (χ3v) is 7.71. The Bertz CT molecular complexity index is 1170. The highest BCUT2D eigenvalue weighted by molar-refractivity contribution is 6.41. The minimum absolute atomic E-state index is 0.172. The highest BCUT2D eigenvalue weighted by Gasteiger charge is 2.56. The summed E-state index contributed by atoms with van der Waals surface area (Å²) in [6.45, 7) is 3.70. The van der Waals surface area contributed by atoms with E-state index in [4.69, 9.17) is 27.7 Å². The van der Waals surface area contributed by atoms with E-state index < -0.39 is 28.4 Å². The van der Waals surface area contributed by atoms with Gasteiger partial charge in [0.25, 0.3) is 11.8 Å². The SMILES string of the molecule is CC(C1C2=C(C=C(Cl)C1(Cl)c1noc3cc(F)ccc13)C(=O)NC2=O)N1CCCCC1. The molecule has 1 saturated heterocycles. The molecule has 0 bridgehead atoms. The van der Waals surface area contributed by atoms with Crippen molar-refractivity contribution >= 4 is 46.0 Å². The smallest absolute Gasteiger partial charge is 0.258 e. The Morgan fingerprint density at radius 2 is 2.00 bits per heavy atom. The van der Waals surface area contributed by atoms with Gasteiger partial charge in [0.1, 0.15) is 16.4 Å². The monoisotopic (exact) mass is 463 g/mol. The fourth-order valence-electron chi connectivity index (χ4n) is 5.06. The Labute approximate surface area is 188 Å². The number of likely N-dealkylation sites (tertiary alicyclic amines) is 1. The van der Waals surface area contributed by atoms with Crippen molar-refractivity contribution in [2.75, 3.05) is 13.1 Å². The fourth-order valence-corrected chi connectivity index (χ4v) is 5.86. The largest absolute Gasteiger partial charge is 0.356 e. The number of halogens is 3. The van der Waals surface area contributed by atoms with Crippen LogP contribution in [-0.2, 0) is 14.5 Å². The molecule has 1 aromatic heterocycles. The normalized spacial score (nSPS) is 28.0. The maximum absolute atomic E-state index is 13.7. The molecule has 3 unspecified atom stereocenters. The number of hydrogen-bond donors (Lipinski definition) is 1. The van der Waals surface area contributed by atoms with Gasteiger partial charge in [-0.3, -0.25) is 19.8 Å². The Kier molecular flexibility index (Phi) is 4.95. The molecule has 0 saturated carbocycles. The van der Waals surface area contributed by atoms with Gasteiger partial charge in [0, 0.05) is 34.0 Å². The van der Waals surface area contributed by atoms with E-state index in [-0.39, 0.29) is 22.2 Å². The Morgan fingerprint density at radius 3 is 2.74 bits per heavy atom. The van der Waals surface area contributed by atoms with Crippen LogP contribution in [-0.4, -0.2) is 41.0 Å². The zero-order valence-electron chi connectivity index (χ0n) is 16.8. The van der Waals surface area contributed by atoms with Crippen molar-refractivity contribution in [1.82, 2.24) is 15.4 Å². The Balaban J connectivity index is 1.72. The van der Waals surface area contributed by atoms with Gasteiger partial charge in [0.05, 0.1) is 5.57 Å². The summed E-state index contributed by atoms with van der Waals surface area (Å²) in [6, 6.07) is 3.85. The molecule has 3 atom stereocenters. The van der Waals surface area contributed by atoms with Gasteiger partial charge in [-0.05, 0) is 51.1 Å². The number of nitrogens with one attached hydrogen (secondary N) is 1. The summed E-state index contributed by atoms with van der Waals surface area (Å²) in [4.78, 5) is 26.1. The molecule has 2 amide bonds. The van der Waals surface area contributed by atoms with E-state index in [1.807, 2.05) is 6.92 Å². The average molecular weight is 464 g/mol. The standard InChI is InChI=1S/C22H20Cl2FN3O3/c1-11(28-7-3-2-4-8-28)18-17-14(20(29)26-21(17)30)10-16(23)22(18,24)19-13-6-5-12(25)9-15(13)31-27-19/h5-6,9-11,18H,2-4,7-8H2,1H3,(H,26,29,30). The molecule has 0 spiro atoms. The maximum atomic E-state index is 13.7. The molecule has 2 aromatic rings. The Morgan fingerprint density at radius 1 is 1.26 bits per heavy atom. The lowest BCUT2D eigenvalue weighted by Crippen LogP contribution is -2.51. The van der Waals surface area contributed by atoms with Crippen molar-refractivity contribution < 1.29 is 18.5 Å². The van der Waals surface area contributed by atoms with E-state index in [0.717, 1.165) is 32.4 Å². The molecule has 31 heavy (non-hydrogen) atoms. The van der Waals surface area contributed by atoms with E-state index >= 15 is 0 Å². The first kappa shape index (κ1) is 20.7. The van der Waals surface area contributed by atoms with Gasteiger partial charge in [-0.1, -0.05) is 23.2 Å². The summed E-state index contributed by atoms with van der Waals surface area (Å²) >= 11 is 14.0. The number of amides is 2. The minimum atomic E-state index is -1.46. The first-order valence-corrected chi connectivity index (χ1v) is 11.0. The van der Waals surface area contributed by atoms with Gasteiger partial charge in [-0.25, -0.2) is 4.39 Å². The summed E-state index contributed by atoms with van der Waals surface area (Å²) in [5, 5.41) is 7.21. The number of imide groups is 1. The third kappa shape index (κ3) is 3.05. The van der Waals surface area contributed by atoms with Crippen molar-refractivity contribution in [2.45, 2.75) is 37.1 Å². The molecule has 3 heterocycles. The quantitative estimate of drug-likeness (QED) is 0.550. The average Bonchev–Trinajstić information content (AvgIpc) is 3.29. The van der Waals surface area contributed by atoms with Crippen LogP contribution < -0.4 is 5.32 Å². The second kappa shape index (κ2) is 7.43. The highest BCUT2D eigenvalue weighted by Crippen LogP contribution is 2.55. The zero-order chi connectivity index (χ0) is 21.9. The summed E-state index contributed by atoms with van der Waals surface area (Å²) in [5.74, 6) is -2.09. The van der Waals surface area contributed by atoms with E-state index in [1.54, 1.807) is 0 Å². The third-order valence-electron chi connectivity index (χ3n) is 6.59. The molecule has 3 aliphatic rings. The molecular weight excluding hydrogens is 444 g/mol. The van der Waals surface area contributed by atoms with Gasteiger partial charge in [0.15, 0.2) is 5.58 Å². The minimum Gasteiger partial charge on any atom is -0.356 e. The van der Waals surface area contributed by atoms with Crippen molar-refractivity contribution in [3.63, 3.8) is 0 Å². The molecule has 1 N–H and O–H groups in total. The number of carbonyl (C=O) groups is 2. The topological polar surface area (TPSA) is 75.4 Å². The first-order valence-electron chi connectivity index (χ1n) is 10.3. The van der Waals surface area contributed by atoms with E-state index in [2.05, 4.69) is 15.4 Å². The number of carbonyl (C=O) groups excluding carboxylic acids is 2. The second-order valence-electron chi connectivity index (χ2n) is 8.30. The zero-order valence-corrected chi connectivity index (χ0v) is 18.3. The number of allylic oxidation sites excluding steroid dienone is 1. The summed E-state index contributed by atoms with van der Waals surface area (Å²) < 4.78 is 19.1. The van der Waals surface area contributed by atoms with Crippen LogP contribution in [0.25, 0.3) is 11.0 Å². The molecule has 1 aromatic carbocycles. The number of rotatable bonds is 3. The van der Waals surface area contributed by atoms with Crippen LogP contribution >= 0.6 is 23.2 Å². The van der Waals surface area contributed by atoms with Crippen molar-refractivity contribution in [2.24, 2.45) is 5.92 Å². The number of piperidine rings is 1. The van der Waals surface area contributed by atoms with Gasteiger partial charge >= 0.3 is 0 Å². The predicted octanol–water partition coefficient (Wildman–Crippen LogP) is 3.98. The van der Waals surface area contributed by atoms with Crippen LogP contribution in [0.1, 0.15) is 31.9 Å². The van der Waals surface area contributed by atoms with Crippen LogP contribution in [0.3, 0.4) is 0 Å². The second-order valence-corrected chi connectivity index (χ2v) is 9.30. The predicted molar refractivity (Wildman–Crippen MR) is 114 cm³/mol. The van der Waals surface area contributed by atoms with Crippen LogP contribution in [0.4, 0.5) is 4.39 Å². The molecule has 162 valence electrons. The van der Waals surface area contributed by atoms with Gasteiger partial charge in [-0.15, -0.1) is 11.6 Å². The summed E-state index contributed by atoms with van der Waals surface area (Å²) in [7, 11) is 0. The van der Waals surface area contributed by atoms with E-state index in [0.29, 0.717) is 16.7 Å². The lowest BCUT2D eigenvalue weighted by Gasteiger charge is -2.45. The maximum Gasteiger partial charge on any atom is 0.258 e.